The minimum atomic E-state index is -3.37. The van der Waals surface area contributed by atoms with Gasteiger partial charge in [-0.3, -0.25) is 4.57 Å². The zero-order valence-electron chi connectivity index (χ0n) is 10.3. The molecule has 0 heterocycles. The lowest BCUT2D eigenvalue weighted by Gasteiger charge is -2.27. The van der Waals surface area contributed by atoms with Gasteiger partial charge in [-0.2, -0.15) is 0 Å². The van der Waals surface area contributed by atoms with Crippen molar-refractivity contribution in [3.8, 4) is 0 Å². The van der Waals surface area contributed by atoms with Crippen LogP contribution in [-0.2, 0) is 4.57 Å². The van der Waals surface area contributed by atoms with Gasteiger partial charge in [0.2, 0.25) is 7.37 Å². The number of hydrogen-bond acceptors (Lipinski definition) is 1. The van der Waals surface area contributed by atoms with E-state index < -0.39 is 12.5 Å². The highest BCUT2D eigenvalue weighted by Gasteiger charge is 2.37. The summed E-state index contributed by atoms with van der Waals surface area (Å²) in [6, 6.07) is 13.3. The molecule has 0 aliphatic carbocycles. The molecule has 0 aliphatic rings. The average molecular weight is 248 g/mol. The second kappa shape index (κ2) is 3.97. The smallest absolute Gasteiger partial charge is 0.235 e. The predicted octanol–water partition coefficient (Wildman–Crippen LogP) is 3.53. The van der Waals surface area contributed by atoms with Gasteiger partial charge in [0, 0.05) is 10.5 Å². The quantitative estimate of drug-likeness (QED) is 0.784. The molecule has 1 unspecified atom stereocenters. The fourth-order valence-corrected chi connectivity index (χ4v) is 3.37. The molecule has 0 fully saturated rings. The highest BCUT2D eigenvalue weighted by Crippen LogP contribution is 2.53. The largest absolute Gasteiger partial charge is 0.341 e. The standard InChI is InChI=1S/C14H17O2P/c1-14(2,3)17(15,16)13-10-6-8-11-7-4-5-9-12(11)13/h4-10H,1-3H3,(H,15,16). The van der Waals surface area contributed by atoms with Crippen LogP contribution in [0.25, 0.3) is 10.8 Å². The molecule has 3 heteroatoms. The normalized spacial score (nSPS) is 15.8. The lowest BCUT2D eigenvalue weighted by molar-refractivity contribution is 0.458. The van der Waals surface area contributed by atoms with Crippen LogP contribution in [0.1, 0.15) is 20.8 Å². The maximum atomic E-state index is 12.6. The van der Waals surface area contributed by atoms with Crippen LogP contribution in [0.3, 0.4) is 0 Å². The number of benzene rings is 2. The number of rotatable bonds is 1. The fraction of sp³-hybridized carbons (Fsp3) is 0.286. The minimum absolute atomic E-state index is 0.558. The van der Waals surface area contributed by atoms with Crippen molar-refractivity contribution < 1.29 is 9.46 Å². The summed E-state index contributed by atoms with van der Waals surface area (Å²) < 4.78 is 12.6. The molecule has 0 spiro atoms. The zero-order valence-corrected chi connectivity index (χ0v) is 11.2. The van der Waals surface area contributed by atoms with E-state index in [9.17, 15) is 9.46 Å². The van der Waals surface area contributed by atoms with Crippen LogP contribution in [0.4, 0.5) is 0 Å². The molecule has 0 aromatic heterocycles. The molecule has 0 radical (unpaired) electrons. The first-order chi connectivity index (χ1) is 7.84. The van der Waals surface area contributed by atoms with Crippen LogP contribution >= 0.6 is 7.37 Å². The van der Waals surface area contributed by atoms with Crippen LogP contribution in [0.5, 0.6) is 0 Å². The molecule has 0 saturated heterocycles. The molecule has 2 aromatic rings. The topological polar surface area (TPSA) is 37.3 Å². The van der Waals surface area contributed by atoms with E-state index in [0.29, 0.717) is 5.30 Å². The molecular weight excluding hydrogens is 231 g/mol. The SMILES string of the molecule is CC(C)(C)P(=O)(O)c1cccc2ccccc12. The van der Waals surface area contributed by atoms with Gasteiger partial charge >= 0.3 is 0 Å². The molecule has 1 N–H and O–H groups in total. The average Bonchev–Trinajstić information content (AvgIpc) is 2.26. The molecule has 2 nitrogen and oxygen atoms in total. The summed E-state index contributed by atoms with van der Waals surface area (Å²) >= 11 is 0. The minimum Gasteiger partial charge on any atom is -0.341 e. The summed E-state index contributed by atoms with van der Waals surface area (Å²) in [5.74, 6) is 0. The first kappa shape index (κ1) is 12.3. The van der Waals surface area contributed by atoms with Crippen LogP contribution in [0.2, 0.25) is 0 Å². The molecular formula is C14H17O2P. The molecule has 17 heavy (non-hydrogen) atoms. The van der Waals surface area contributed by atoms with Gasteiger partial charge < -0.3 is 4.89 Å². The Morgan fingerprint density at radius 1 is 1.00 bits per heavy atom. The molecule has 0 amide bonds. The van der Waals surface area contributed by atoms with Gasteiger partial charge in [0.1, 0.15) is 0 Å². The van der Waals surface area contributed by atoms with E-state index in [-0.39, 0.29) is 0 Å². The summed E-state index contributed by atoms with van der Waals surface area (Å²) in [6.07, 6.45) is 0. The van der Waals surface area contributed by atoms with Gasteiger partial charge in [-0.05, 0) is 16.8 Å². The lowest BCUT2D eigenvalue weighted by Crippen LogP contribution is -2.23. The molecule has 90 valence electrons. The second-order valence-corrected chi connectivity index (χ2v) is 8.22. The van der Waals surface area contributed by atoms with Gasteiger partial charge in [0.25, 0.3) is 0 Å². The van der Waals surface area contributed by atoms with E-state index in [1.54, 1.807) is 26.8 Å². The summed E-state index contributed by atoms with van der Waals surface area (Å²) in [6.45, 7) is 5.40. The number of hydrogen-bond donors (Lipinski definition) is 1. The fourth-order valence-electron chi connectivity index (χ4n) is 1.83. The van der Waals surface area contributed by atoms with Crippen molar-refractivity contribution in [1.29, 1.82) is 0 Å². The lowest BCUT2D eigenvalue weighted by atomic mass is 10.1. The highest BCUT2D eigenvalue weighted by molar-refractivity contribution is 7.68. The van der Waals surface area contributed by atoms with Crippen LogP contribution < -0.4 is 5.30 Å². The van der Waals surface area contributed by atoms with Crippen molar-refractivity contribution in [2.24, 2.45) is 0 Å². The van der Waals surface area contributed by atoms with Crippen molar-refractivity contribution in [3.63, 3.8) is 0 Å². The Morgan fingerprint density at radius 3 is 2.24 bits per heavy atom. The summed E-state index contributed by atoms with van der Waals surface area (Å²) in [4.78, 5) is 10.4. The van der Waals surface area contributed by atoms with E-state index in [1.807, 2.05) is 36.4 Å². The van der Waals surface area contributed by atoms with E-state index in [0.717, 1.165) is 10.8 Å². The van der Waals surface area contributed by atoms with Crippen LogP contribution in [0, 0.1) is 0 Å². The molecule has 0 bridgehead atoms. The van der Waals surface area contributed by atoms with Gasteiger partial charge in [-0.15, -0.1) is 0 Å². The van der Waals surface area contributed by atoms with E-state index in [1.165, 1.54) is 0 Å². The zero-order chi connectivity index (χ0) is 12.7. The Labute approximate surface area is 102 Å². The second-order valence-electron chi connectivity index (χ2n) is 5.25. The number of fused-ring (bicyclic) bond motifs is 1. The van der Waals surface area contributed by atoms with Crippen molar-refractivity contribution in [2.75, 3.05) is 0 Å². The van der Waals surface area contributed by atoms with E-state index in [2.05, 4.69) is 0 Å². The van der Waals surface area contributed by atoms with Crippen LogP contribution in [0.15, 0.2) is 42.5 Å². The van der Waals surface area contributed by atoms with Crippen LogP contribution in [-0.4, -0.2) is 10.0 Å². The Balaban J connectivity index is 2.77. The molecule has 0 saturated carbocycles. The highest BCUT2D eigenvalue weighted by atomic mass is 31.2. The maximum absolute atomic E-state index is 12.6. The van der Waals surface area contributed by atoms with Crippen molar-refractivity contribution in [3.05, 3.63) is 42.5 Å². The maximum Gasteiger partial charge on any atom is 0.235 e. The van der Waals surface area contributed by atoms with E-state index in [4.69, 9.17) is 0 Å². The van der Waals surface area contributed by atoms with Gasteiger partial charge in [-0.25, -0.2) is 0 Å². The predicted molar refractivity (Wildman–Crippen MR) is 73.2 cm³/mol. The third-order valence-electron chi connectivity index (χ3n) is 3.00. The van der Waals surface area contributed by atoms with Gasteiger partial charge in [-0.1, -0.05) is 57.2 Å². The Bertz CT molecular complexity index is 591. The van der Waals surface area contributed by atoms with E-state index >= 15 is 0 Å². The summed E-state index contributed by atoms with van der Waals surface area (Å²) in [5.41, 5.74) is 0. The Kier molecular flexibility index (Phi) is 2.89. The van der Waals surface area contributed by atoms with Gasteiger partial charge in [0.15, 0.2) is 0 Å². The molecule has 2 aromatic carbocycles. The molecule has 1 atom stereocenters. The third-order valence-corrected chi connectivity index (χ3v) is 5.86. The molecule has 0 aliphatic heterocycles. The Morgan fingerprint density at radius 2 is 1.59 bits per heavy atom. The Hall–Kier alpha value is -1.11. The van der Waals surface area contributed by atoms with Crippen molar-refractivity contribution in [2.45, 2.75) is 25.9 Å². The van der Waals surface area contributed by atoms with Crippen molar-refractivity contribution in [1.82, 2.24) is 0 Å². The van der Waals surface area contributed by atoms with Gasteiger partial charge in [0.05, 0.1) is 0 Å². The third kappa shape index (κ3) is 2.03. The summed E-state index contributed by atoms with van der Waals surface area (Å²) in [5, 5.41) is 1.79. The van der Waals surface area contributed by atoms with Crippen molar-refractivity contribution >= 4 is 23.4 Å². The summed E-state index contributed by atoms with van der Waals surface area (Å²) in [7, 11) is -3.37. The molecule has 2 rings (SSSR count). The first-order valence-electron chi connectivity index (χ1n) is 5.65. The monoisotopic (exact) mass is 248 g/mol. The first-order valence-corrected chi connectivity index (χ1v) is 7.31.